The monoisotopic (exact) mass is 397 g/mol. The third-order valence-corrected chi connectivity index (χ3v) is 5.70. The largest absolute Gasteiger partial charge is 0.497 e. The van der Waals surface area contributed by atoms with Crippen LogP contribution in [0.15, 0.2) is 58.7 Å². The van der Waals surface area contributed by atoms with Crippen LogP contribution in [0.3, 0.4) is 0 Å². The molecule has 1 heterocycles. The van der Waals surface area contributed by atoms with E-state index in [-0.39, 0.29) is 11.2 Å². The number of amidine groups is 1. The lowest BCUT2D eigenvalue weighted by Gasteiger charge is -2.16. The van der Waals surface area contributed by atoms with E-state index in [1.54, 1.807) is 25.3 Å². The highest BCUT2D eigenvalue weighted by atomic mass is 32.2. The van der Waals surface area contributed by atoms with E-state index in [0.717, 1.165) is 29.0 Å². The van der Waals surface area contributed by atoms with Crippen LogP contribution in [0.25, 0.3) is 0 Å². The number of rotatable bonds is 7. The van der Waals surface area contributed by atoms with E-state index in [0.29, 0.717) is 11.7 Å². The van der Waals surface area contributed by atoms with Crippen LogP contribution in [0.4, 0.5) is 0 Å². The van der Waals surface area contributed by atoms with Crippen LogP contribution in [0.2, 0.25) is 0 Å². The molecule has 1 atom stereocenters. The number of hydrogen-bond donors (Lipinski definition) is 0. The Labute approximate surface area is 169 Å². The Balaban J connectivity index is 1.80. The number of methoxy groups -OCH3 is 2. The highest BCUT2D eigenvalue weighted by Gasteiger charge is 2.36. The van der Waals surface area contributed by atoms with Crippen LogP contribution in [0, 0.1) is 0 Å². The Bertz CT molecular complexity index is 881. The van der Waals surface area contributed by atoms with Crippen molar-refractivity contribution in [2.24, 2.45) is 10.2 Å². The van der Waals surface area contributed by atoms with Crippen molar-refractivity contribution in [3.8, 4) is 11.5 Å². The second-order valence-corrected chi connectivity index (χ2v) is 7.33. The molecule has 1 aliphatic rings. The summed E-state index contributed by atoms with van der Waals surface area (Å²) in [4.78, 5) is 14.4. The van der Waals surface area contributed by atoms with Gasteiger partial charge >= 0.3 is 0 Å². The van der Waals surface area contributed by atoms with E-state index in [9.17, 15) is 4.79 Å². The summed E-state index contributed by atoms with van der Waals surface area (Å²) in [6.45, 7) is 2.46. The number of carbonyl (C=O) groups excluding carboxylic acids is 1. The van der Waals surface area contributed by atoms with Gasteiger partial charge in [-0.15, -0.1) is 5.10 Å². The molecule has 2 aromatic rings. The van der Waals surface area contributed by atoms with Crippen LogP contribution >= 0.6 is 11.8 Å². The van der Waals surface area contributed by atoms with E-state index < -0.39 is 0 Å². The summed E-state index contributed by atoms with van der Waals surface area (Å²) < 4.78 is 10.5. The molecule has 0 saturated carbocycles. The van der Waals surface area contributed by atoms with Crippen LogP contribution in [0.5, 0.6) is 11.5 Å². The van der Waals surface area contributed by atoms with Gasteiger partial charge in [-0.1, -0.05) is 43.0 Å². The number of carbonyl (C=O) groups is 1. The molecule has 2 aromatic carbocycles. The Morgan fingerprint density at radius 1 is 1.11 bits per heavy atom. The summed E-state index contributed by atoms with van der Waals surface area (Å²) in [5, 5.41) is 9.01. The molecule has 0 bridgehead atoms. The molecule has 0 aliphatic carbocycles. The molecule has 0 N–H and O–H groups in total. The van der Waals surface area contributed by atoms with E-state index in [4.69, 9.17) is 9.47 Å². The maximum Gasteiger partial charge on any atom is 0.242 e. The lowest BCUT2D eigenvalue weighted by molar-refractivity contribution is -0.126. The fourth-order valence-electron chi connectivity index (χ4n) is 2.82. The molecule has 1 unspecified atom stereocenters. The molecule has 6 nitrogen and oxygen atoms in total. The van der Waals surface area contributed by atoms with E-state index in [2.05, 4.69) is 10.2 Å². The van der Waals surface area contributed by atoms with Gasteiger partial charge in [0.15, 0.2) is 5.17 Å². The first kappa shape index (κ1) is 19.9. The third-order valence-electron chi connectivity index (χ3n) is 4.37. The minimum atomic E-state index is -0.126. The maximum absolute atomic E-state index is 12.7. The van der Waals surface area contributed by atoms with Crippen molar-refractivity contribution in [2.45, 2.75) is 25.1 Å². The van der Waals surface area contributed by atoms with Gasteiger partial charge in [0.2, 0.25) is 5.91 Å². The Hall–Kier alpha value is -2.80. The fraction of sp³-hybridized carbons (Fsp3) is 0.286. The zero-order valence-corrected chi connectivity index (χ0v) is 17.0. The van der Waals surface area contributed by atoms with Gasteiger partial charge in [-0.2, -0.15) is 5.10 Å². The quantitative estimate of drug-likeness (QED) is 0.524. The number of amides is 1. The second-order valence-electron chi connectivity index (χ2n) is 6.16. The summed E-state index contributed by atoms with van der Waals surface area (Å²) in [5.41, 5.74) is 1.84. The lowest BCUT2D eigenvalue weighted by atomic mass is 10.2. The molecule has 146 valence electrons. The summed E-state index contributed by atoms with van der Waals surface area (Å²) in [7, 11) is 3.25. The van der Waals surface area contributed by atoms with Gasteiger partial charge in [-0.05, 0) is 36.2 Å². The summed E-state index contributed by atoms with van der Waals surface area (Å²) in [6, 6.07) is 15.3. The first-order valence-electron chi connectivity index (χ1n) is 9.01. The molecule has 28 heavy (non-hydrogen) atoms. The summed E-state index contributed by atoms with van der Waals surface area (Å²) >= 11 is 1.46. The number of ether oxygens (including phenoxy) is 2. The predicted octanol–water partition coefficient (Wildman–Crippen LogP) is 3.95. The van der Waals surface area contributed by atoms with E-state index >= 15 is 0 Å². The Morgan fingerprint density at radius 2 is 1.86 bits per heavy atom. The molecule has 3 rings (SSSR count). The molecule has 7 heteroatoms. The van der Waals surface area contributed by atoms with Crippen molar-refractivity contribution in [3.05, 3.63) is 59.7 Å². The molecular weight excluding hydrogens is 374 g/mol. The SMILES string of the molecule is CCC1S/C(=N\N=C\c2ccccc2OC)N(Cc2ccc(OC)cc2)C1=O. The van der Waals surface area contributed by atoms with Crippen molar-refractivity contribution >= 4 is 29.1 Å². The molecule has 0 aromatic heterocycles. The number of hydrogen-bond acceptors (Lipinski definition) is 6. The minimum absolute atomic E-state index is 0.0644. The van der Waals surface area contributed by atoms with Crippen LogP contribution in [-0.4, -0.2) is 41.7 Å². The number of benzene rings is 2. The molecule has 1 amide bonds. The molecule has 0 radical (unpaired) electrons. The topological polar surface area (TPSA) is 63.5 Å². The van der Waals surface area contributed by atoms with Crippen LogP contribution in [0.1, 0.15) is 24.5 Å². The van der Waals surface area contributed by atoms with E-state index in [1.165, 1.54) is 11.8 Å². The molecular formula is C21H23N3O3S. The van der Waals surface area contributed by atoms with Gasteiger partial charge in [0.1, 0.15) is 11.5 Å². The van der Waals surface area contributed by atoms with Crippen LogP contribution < -0.4 is 9.47 Å². The molecule has 0 spiro atoms. The zero-order chi connectivity index (χ0) is 19.9. The van der Waals surface area contributed by atoms with Gasteiger partial charge in [0, 0.05) is 5.56 Å². The average Bonchev–Trinajstić information content (AvgIpc) is 3.03. The first-order valence-corrected chi connectivity index (χ1v) is 9.89. The van der Waals surface area contributed by atoms with Crippen molar-refractivity contribution in [3.63, 3.8) is 0 Å². The molecule has 1 fully saturated rings. The highest BCUT2D eigenvalue weighted by molar-refractivity contribution is 8.15. The second kappa shape index (κ2) is 9.41. The fourth-order valence-corrected chi connectivity index (χ4v) is 3.84. The third kappa shape index (κ3) is 4.54. The number of nitrogens with zero attached hydrogens (tertiary/aromatic N) is 3. The molecule has 1 saturated heterocycles. The number of thioether (sulfide) groups is 1. The Morgan fingerprint density at radius 3 is 2.54 bits per heavy atom. The predicted molar refractivity (Wildman–Crippen MR) is 113 cm³/mol. The summed E-state index contributed by atoms with van der Waals surface area (Å²) in [5.74, 6) is 1.57. The average molecular weight is 398 g/mol. The minimum Gasteiger partial charge on any atom is -0.497 e. The van der Waals surface area contributed by atoms with Gasteiger partial charge in [0.05, 0.1) is 32.2 Å². The van der Waals surface area contributed by atoms with Gasteiger partial charge in [-0.25, -0.2) is 0 Å². The van der Waals surface area contributed by atoms with Gasteiger partial charge < -0.3 is 9.47 Å². The summed E-state index contributed by atoms with van der Waals surface area (Å²) in [6.07, 6.45) is 2.39. The van der Waals surface area contributed by atoms with Crippen molar-refractivity contribution < 1.29 is 14.3 Å². The van der Waals surface area contributed by atoms with Gasteiger partial charge in [-0.3, -0.25) is 9.69 Å². The lowest BCUT2D eigenvalue weighted by Crippen LogP contribution is -2.31. The van der Waals surface area contributed by atoms with Crippen molar-refractivity contribution in [1.29, 1.82) is 0 Å². The normalized spacial score (nSPS) is 18.2. The highest BCUT2D eigenvalue weighted by Crippen LogP contribution is 2.31. The molecule has 1 aliphatic heterocycles. The van der Waals surface area contributed by atoms with Crippen molar-refractivity contribution in [2.75, 3.05) is 14.2 Å². The number of para-hydroxylation sites is 1. The maximum atomic E-state index is 12.7. The van der Waals surface area contributed by atoms with E-state index in [1.807, 2.05) is 55.5 Å². The van der Waals surface area contributed by atoms with Crippen LogP contribution in [-0.2, 0) is 11.3 Å². The Kier molecular flexibility index (Phi) is 6.71. The standard InChI is InChI=1S/C21H23N3O3S/c1-4-19-20(25)24(14-15-9-11-17(26-2)12-10-15)21(28-19)23-22-13-16-7-5-6-8-18(16)27-3/h5-13,19H,4,14H2,1-3H3/b22-13+,23-21-. The zero-order valence-electron chi connectivity index (χ0n) is 16.2. The van der Waals surface area contributed by atoms with Crippen molar-refractivity contribution in [1.82, 2.24) is 4.90 Å². The van der Waals surface area contributed by atoms with Gasteiger partial charge in [0.25, 0.3) is 0 Å². The smallest absolute Gasteiger partial charge is 0.242 e. The first-order chi connectivity index (χ1) is 13.7.